The van der Waals surface area contributed by atoms with E-state index >= 15 is 0 Å². The van der Waals surface area contributed by atoms with Gasteiger partial charge in [-0.3, -0.25) is 14.3 Å². The van der Waals surface area contributed by atoms with Crippen LogP contribution in [-0.4, -0.2) is 66.8 Å². The van der Waals surface area contributed by atoms with Crippen LogP contribution in [0.1, 0.15) is 42.3 Å². The molecule has 0 unspecified atom stereocenters. The smallest absolute Gasteiger partial charge is 0.275 e. The molecule has 0 atom stereocenters. The molecule has 9 heteroatoms. The molecule has 1 saturated heterocycles. The third-order valence-electron chi connectivity index (χ3n) is 5.90. The van der Waals surface area contributed by atoms with Gasteiger partial charge >= 0.3 is 0 Å². The SMILES string of the molecule is CCCc1cc(N2CCN(C(=O)c3n[nH]c4ccccc34)CC2)nc2nnc(CC)n12. The fourth-order valence-electron chi connectivity index (χ4n) is 4.27. The lowest BCUT2D eigenvalue weighted by atomic mass is 10.2. The fourth-order valence-corrected chi connectivity index (χ4v) is 4.27. The average molecular weight is 419 g/mol. The molecule has 0 radical (unpaired) electrons. The minimum Gasteiger partial charge on any atom is -0.353 e. The van der Waals surface area contributed by atoms with Crippen LogP contribution in [0.2, 0.25) is 0 Å². The molecule has 4 heterocycles. The first-order valence-electron chi connectivity index (χ1n) is 10.9. The number of nitrogens with zero attached hydrogens (tertiary/aromatic N) is 7. The predicted octanol–water partition coefficient (Wildman–Crippen LogP) is 2.48. The first-order valence-corrected chi connectivity index (χ1v) is 10.9. The Hall–Kier alpha value is -3.49. The Balaban J connectivity index is 1.35. The second-order valence-corrected chi connectivity index (χ2v) is 7.86. The molecule has 3 aromatic heterocycles. The van der Waals surface area contributed by atoms with Crippen molar-refractivity contribution in [1.82, 2.24) is 34.7 Å². The number of piperazine rings is 1. The maximum Gasteiger partial charge on any atom is 0.275 e. The van der Waals surface area contributed by atoms with Crippen molar-refractivity contribution >= 4 is 28.4 Å². The quantitative estimate of drug-likeness (QED) is 0.535. The van der Waals surface area contributed by atoms with Gasteiger partial charge in [0.2, 0.25) is 0 Å². The molecule has 31 heavy (non-hydrogen) atoms. The highest BCUT2D eigenvalue weighted by molar-refractivity contribution is 6.04. The van der Waals surface area contributed by atoms with E-state index in [1.807, 2.05) is 29.2 Å². The number of nitrogens with one attached hydrogen (secondary N) is 1. The molecule has 0 bridgehead atoms. The Morgan fingerprint density at radius 3 is 2.68 bits per heavy atom. The summed E-state index contributed by atoms with van der Waals surface area (Å²) in [7, 11) is 0. The minimum atomic E-state index is -0.0303. The summed E-state index contributed by atoms with van der Waals surface area (Å²) in [6.45, 7) is 6.95. The van der Waals surface area contributed by atoms with E-state index in [9.17, 15) is 4.79 Å². The van der Waals surface area contributed by atoms with Crippen molar-refractivity contribution in [2.45, 2.75) is 33.1 Å². The predicted molar refractivity (Wildman–Crippen MR) is 118 cm³/mol. The summed E-state index contributed by atoms with van der Waals surface area (Å²) in [5.74, 6) is 2.47. The van der Waals surface area contributed by atoms with E-state index < -0.39 is 0 Å². The van der Waals surface area contributed by atoms with Crippen LogP contribution in [-0.2, 0) is 12.8 Å². The Kier molecular flexibility index (Phi) is 5.01. The zero-order valence-corrected chi connectivity index (χ0v) is 17.9. The van der Waals surface area contributed by atoms with E-state index in [2.05, 4.69) is 49.6 Å². The normalized spacial score (nSPS) is 14.6. The summed E-state index contributed by atoms with van der Waals surface area (Å²) in [6.07, 6.45) is 2.81. The van der Waals surface area contributed by atoms with E-state index in [0.29, 0.717) is 24.6 Å². The van der Waals surface area contributed by atoms with Crippen molar-refractivity contribution in [2.24, 2.45) is 0 Å². The molecular weight excluding hydrogens is 392 g/mol. The molecule has 1 aliphatic rings. The van der Waals surface area contributed by atoms with Crippen LogP contribution >= 0.6 is 0 Å². The highest BCUT2D eigenvalue weighted by Gasteiger charge is 2.26. The number of benzene rings is 1. The van der Waals surface area contributed by atoms with Gasteiger partial charge in [0.15, 0.2) is 5.69 Å². The highest BCUT2D eigenvalue weighted by Crippen LogP contribution is 2.22. The number of aryl methyl sites for hydroxylation is 2. The van der Waals surface area contributed by atoms with Gasteiger partial charge in [0.05, 0.1) is 5.52 Å². The van der Waals surface area contributed by atoms with Crippen LogP contribution in [0.3, 0.4) is 0 Å². The zero-order valence-electron chi connectivity index (χ0n) is 17.9. The van der Waals surface area contributed by atoms with E-state index in [1.54, 1.807) is 0 Å². The fraction of sp³-hybridized carbons (Fsp3) is 0.409. The van der Waals surface area contributed by atoms with Crippen LogP contribution in [0.4, 0.5) is 5.82 Å². The largest absolute Gasteiger partial charge is 0.353 e. The summed E-state index contributed by atoms with van der Waals surface area (Å²) < 4.78 is 2.08. The lowest BCUT2D eigenvalue weighted by Crippen LogP contribution is -2.49. The topological polar surface area (TPSA) is 95.3 Å². The number of carbonyl (C=O) groups is 1. The monoisotopic (exact) mass is 418 g/mol. The van der Waals surface area contributed by atoms with E-state index in [-0.39, 0.29) is 5.91 Å². The van der Waals surface area contributed by atoms with Gasteiger partial charge in [0.1, 0.15) is 11.6 Å². The molecule has 1 fully saturated rings. The summed E-state index contributed by atoms with van der Waals surface area (Å²) in [6, 6.07) is 9.87. The zero-order chi connectivity index (χ0) is 21.4. The second kappa shape index (κ2) is 7.98. The van der Waals surface area contributed by atoms with Crippen LogP contribution in [0, 0.1) is 0 Å². The van der Waals surface area contributed by atoms with Crippen LogP contribution in [0.5, 0.6) is 0 Å². The lowest BCUT2D eigenvalue weighted by Gasteiger charge is -2.35. The van der Waals surface area contributed by atoms with Crippen LogP contribution in [0.25, 0.3) is 16.7 Å². The lowest BCUT2D eigenvalue weighted by molar-refractivity contribution is 0.0742. The number of hydrogen-bond donors (Lipinski definition) is 1. The van der Waals surface area contributed by atoms with E-state index in [0.717, 1.165) is 54.9 Å². The second-order valence-electron chi connectivity index (χ2n) is 7.86. The summed E-state index contributed by atoms with van der Waals surface area (Å²) in [4.78, 5) is 21.9. The number of para-hydroxylation sites is 1. The molecule has 5 rings (SSSR count). The summed E-state index contributed by atoms with van der Waals surface area (Å²) >= 11 is 0. The van der Waals surface area contributed by atoms with Gasteiger partial charge in [-0.2, -0.15) is 10.1 Å². The number of hydrogen-bond acceptors (Lipinski definition) is 6. The van der Waals surface area contributed by atoms with Crippen LogP contribution in [0.15, 0.2) is 30.3 Å². The molecule has 9 nitrogen and oxygen atoms in total. The Morgan fingerprint density at radius 2 is 1.90 bits per heavy atom. The van der Waals surface area contributed by atoms with Crippen molar-refractivity contribution in [1.29, 1.82) is 0 Å². The van der Waals surface area contributed by atoms with Gasteiger partial charge in [0, 0.05) is 49.7 Å². The molecule has 0 saturated carbocycles. The summed E-state index contributed by atoms with van der Waals surface area (Å²) in [5.41, 5.74) is 2.56. The standard InChI is InChI=1S/C22H26N8O/c1-3-7-15-14-19(23-22-27-25-18(4-2)30(15)22)28-10-12-29(13-11-28)21(31)20-16-8-5-6-9-17(16)24-26-20/h5-6,8-9,14H,3-4,7,10-13H2,1-2H3,(H,24,26). The molecule has 160 valence electrons. The third-order valence-corrected chi connectivity index (χ3v) is 5.90. The first kappa shape index (κ1) is 19.5. The number of amides is 1. The number of anilines is 1. The number of aromatic amines is 1. The Morgan fingerprint density at radius 1 is 1.10 bits per heavy atom. The molecule has 1 N–H and O–H groups in total. The average Bonchev–Trinajstić information content (AvgIpc) is 3.43. The van der Waals surface area contributed by atoms with E-state index in [1.165, 1.54) is 5.69 Å². The van der Waals surface area contributed by atoms with Gasteiger partial charge < -0.3 is 9.80 Å². The van der Waals surface area contributed by atoms with Gasteiger partial charge in [-0.25, -0.2) is 0 Å². The van der Waals surface area contributed by atoms with Crippen molar-refractivity contribution in [3.05, 3.63) is 47.5 Å². The molecule has 0 aliphatic carbocycles. The van der Waals surface area contributed by atoms with Crippen molar-refractivity contribution in [3.63, 3.8) is 0 Å². The maximum absolute atomic E-state index is 13.1. The Bertz CT molecular complexity index is 1240. The van der Waals surface area contributed by atoms with Gasteiger partial charge in [0.25, 0.3) is 11.7 Å². The number of rotatable bonds is 5. The Labute approximate surface area is 180 Å². The summed E-state index contributed by atoms with van der Waals surface area (Å²) in [5, 5.41) is 16.7. The van der Waals surface area contributed by atoms with Gasteiger partial charge in [-0.05, 0) is 12.5 Å². The number of aromatic nitrogens is 6. The van der Waals surface area contributed by atoms with Crippen molar-refractivity contribution in [2.75, 3.05) is 31.1 Å². The maximum atomic E-state index is 13.1. The third kappa shape index (κ3) is 3.39. The van der Waals surface area contributed by atoms with Gasteiger partial charge in [-0.1, -0.05) is 38.5 Å². The van der Waals surface area contributed by atoms with Gasteiger partial charge in [-0.15, -0.1) is 10.2 Å². The molecule has 1 aliphatic heterocycles. The minimum absolute atomic E-state index is 0.0303. The molecule has 0 spiro atoms. The number of H-pyrrole nitrogens is 1. The first-order chi connectivity index (χ1) is 15.2. The number of carbonyl (C=O) groups excluding carboxylic acids is 1. The van der Waals surface area contributed by atoms with Crippen molar-refractivity contribution in [3.8, 4) is 0 Å². The molecule has 4 aromatic rings. The van der Waals surface area contributed by atoms with Crippen LogP contribution < -0.4 is 4.90 Å². The molecule has 1 amide bonds. The number of fused-ring (bicyclic) bond motifs is 2. The van der Waals surface area contributed by atoms with Crippen molar-refractivity contribution < 1.29 is 4.79 Å². The highest BCUT2D eigenvalue weighted by atomic mass is 16.2. The molecular formula is C22H26N8O. The molecule has 1 aromatic carbocycles. The van der Waals surface area contributed by atoms with E-state index in [4.69, 9.17) is 4.98 Å².